The Morgan fingerprint density at radius 2 is 1.84 bits per heavy atom. The van der Waals surface area contributed by atoms with Crippen LogP contribution in [-0.2, 0) is 17.9 Å². The molecule has 0 unspecified atom stereocenters. The number of carbonyl (C=O) groups excluding carboxylic acids is 1. The molecular weight excluding hydrogens is 426 g/mol. The number of nitrogens with zero attached hydrogens (tertiary/aromatic N) is 1. The zero-order valence-electron chi connectivity index (χ0n) is 18.7. The number of benzene rings is 2. The highest BCUT2D eigenvalue weighted by Gasteiger charge is 2.16. The van der Waals surface area contributed by atoms with Gasteiger partial charge in [-0.15, -0.1) is 11.3 Å². The fourth-order valence-corrected chi connectivity index (χ4v) is 3.78. The second-order valence-corrected chi connectivity index (χ2v) is 8.07. The number of hydrogen-bond acceptors (Lipinski definition) is 6. The summed E-state index contributed by atoms with van der Waals surface area (Å²) in [4.78, 5) is 16.0. The number of carbonyl (C=O) groups is 1. The molecule has 3 rings (SSSR count). The first kappa shape index (κ1) is 23.6. The Labute approximate surface area is 193 Å². The summed E-state index contributed by atoms with van der Waals surface area (Å²) in [5, 5.41) is 2.02. The SMILES string of the molecule is CCN(Cc1ccc(OCc2cccs2)c(OC)c1)C(=O)c1cccc(OCCOC)c1. The predicted molar refractivity (Wildman–Crippen MR) is 126 cm³/mol. The van der Waals surface area contributed by atoms with E-state index in [1.807, 2.05) is 54.8 Å². The lowest BCUT2D eigenvalue weighted by molar-refractivity contribution is 0.0751. The third-order valence-corrected chi connectivity index (χ3v) is 5.71. The number of hydrogen-bond donors (Lipinski definition) is 0. The van der Waals surface area contributed by atoms with Crippen LogP contribution in [0.2, 0.25) is 0 Å². The minimum atomic E-state index is -0.0540. The van der Waals surface area contributed by atoms with Gasteiger partial charge in [0.25, 0.3) is 5.91 Å². The van der Waals surface area contributed by atoms with E-state index in [-0.39, 0.29) is 5.91 Å². The smallest absolute Gasteiger partial charge is 0.254 e. The molecule has 0 saturated heterocycles. The van der Waals surface area contributed by atoms with Gasteiger partial charge >= 0.3 is 0 Å². The molecular formula is C25H29NO5S. The molecule has 170 valence electrons. The van der Waals surface area contributed by atoms with E-state index in [1.54, 1.807) is 42.6 Å². The highest BCUT2D eigenvalue weighted by Crippen LogP contribution is 2.30. The van der Waals surface area contributed by atoms with Crippen molar-refractivity contribution in [3.63, 3.8) is 0 Å². The van der Waals surface area contributed by atoms with Gasteiger partial charge in [0.1, 0.15) is 19.0 Å². The van der Waals surface area contributed by atoms with E-state index >= 15 is 0 Å². The van der Waals surface area contributed by atoms with Crippen LogP contribution in [0.5, 0.6) is 17.2 Å². The molecule has 2 aromatic carbocycles. The predicted octanol–water partition coefficient (Wildman–Crippen LogP) is 5.02. The number of amides is 1. The van der Waals surface area contributed by atoms with Gasteiger partial charge in [-0.3, -0.25) is 4.79 Å². The Kier molecular flexibility index (Phi) is 8.95. The molecule has 0 aliphatic carbocycles. The summed E-state index contributed by atoms with van der Waals surface area (Å²) >= 11 is 1.65. The van der Waals surface area contributed by atoms with Gasteiger partial charge in [0.2, 0.25) is 0 Å². The quantitative estimate of drug-likeness (QED) is 0.359. The molecule has 0 bridgehead atoms. The molecule has 0 aliphatic rings. The van der Waals surface area contributed by atoms with Gasteiger partial charge in [-0.2, -0.15) is 0 Å². The Bertz CT molecular complexity index is 990. The number of thiophene rings is 1. The highest BCUT2D eigenvalue weighted by molar-refractivity contribution is 7.09. The number of ether oxygens (including phenoxy) is 4. The molecule has 1 heterocycles. The van der Waals surface area contributed by atoms with Crippen molar-refractivity contribution in [2.75, 3.05) is 34.0 Å². The molecule has 0 spiro atoms. The van der Waals surface area contributed by atoms with E-state index < -0.39 is 0 Å². The molecule has 0 radical (unpaired) electrons. The van der Waals surface area contributed by atoms with E-state index in [0.717, 1.165) is 10.4 Å². The fraction of sp³-hybridized carbons (Fsp3) is 0.320. The van der Waals surface area contributed by atoms with Gasteiger partial charge in [-0.25, -0.2) is 0 Å². The van der Waals surface area contributed by atoms with Crippen molar-refractivity contribution >= 4 is 17.2 Å². The summed E-state index contributed by atoms with van der Waals surface area (Å²) in [6, 6.07) is 17.0. The van der Waals surface area contributed by atoms with Crippen molar-refractivity contribution in [1.29, 1.82) is 0 Å². The average Bonchev–Trinajstić information content (AvgIpc) is 3.35. The standard InChI is InChI=1S/C25H29NO5S/c1-4-26(25(27)20-7-5-8-21(16-20)30-13-12-28-2)17-19-10-11-23(24(15-19)29-3)31-18-22-9-6-14-32-22/h5-11,14-16H,4,12-13,17-18H2,1-3H3. The molecule has 0 N–H and O–H groups in total. The largest absolute Gasteiger partial charge is 0.493 e. The van der Waals surface area contributed by atoms with Crippen LogP contribution in [0.15, 0.2) is 60.0 Å². The Hall–Kier alpha value is -3.03. The summed E-state index contributed by atoms with van der Waals surface area (Å²) in [6.07, 6.45) is 0. The Morgan fingerprint density at radius 3 is 2.56 bits per heavy atom. The summed E-state index contributed by atoms with van der Waals surface area (Å²) in [5.41, 5.74) is 1.55. The summed E-state index contributed by atoms with van der Waals surface area (Å²) < 4.78 is 22.1. The van der Waals surface area contributed by atoms with Crippen LogP contribution in [0, 0.1) is 0 Å². The third-order valence-electron chi connectivity index (χ3n) is 4.86. The molecule has 6 nitrogen and oxygen atoms in total. The van der Waals surface area contributed by atoms with Gasteiger partial charge in [0.05, 0.1) is 13.7 Å². The minimum Gasteiger partial charge on any atom is -0.493 e. The molecule has 32 heavy (non-hydrogen) atoms. The maximum atomic E-state index is 13.1. The summed E-state index contributed by atoms with van der Waals surface area (Å²) in [7, 11) is 3.24. The Balaban J connectivity index is 1.67. The monoisotopic (exact) mass is 455 g/mol. The van der Waals surface area contributed by atoms with Crippen LogP contribution in [-0.4, -0.2) is 44.8 Å². The maximum Gasteiger partial charge on any atom is 0.254 e. The minimum absolute atomic E-state index is 0.0540. The molecule has 0 fully saturated rings. The zero-order chi connectivity index (χ0) is 22.8. The van der Waals surface area contributed by atoms with E-state index in [9.17, 15) is 4.79 Å². The molecule has 0 atom stereocenters. The molecule has 0 saturated carbocycles. The average molecular weight is 456 g/mol. The first-order valence-electron chi connectivity index (χ1n) is 10.5. The Morgan fingerprint density at radius 1 is 0.969 bits per heavy atom. The second kappa shape index (κ2) is 12.1. The topological polar surface area (TPSA) is 57.2 Å². The maximum absolute atomic E-state index is 13.1. The van der Waals surface area contributed by atoms with E-state index in [4.69, 9.17) is 18.9 Å². The van der Waals surface area contributed by atoms with Crippen LogP contribution in [0.1, 0.15) is 27.7 Å². The van der Waals surface area contributed by atoms with Crippen molar-refractivity contribution in [2.45, 2.75) is 20.1 Å². The van der Waals surface area contributed by atoms with Gasteiger partial charge in [0.15, 0.2) is 11.5 Å². The lowest BCUT2D eigenvalue weighted by Crippen LogP contribution is -2.30. The van der Waals surface area contributed by atoms with Gasteiger partial charge < -0.3 is 23.8 Å². The molecule has 1 amide bonds. The lowest BCUT2D eigenvalue weighted by Gasteiger charge is -2.22. The van der Waals surface area contributed by atoms with E-state index in [0.29, 0.717) is 55.7 Å². The van der Waals surface area contributed by atoms with Crippen molar-refractivity contribution in [3.05, 3.63) is 76.0 Å². The summed E-state index contributed by atoms with van der Waals surface area (Å²) in [6.45, 7) is 4.43. The molecule has 1 aromatic heterocycles. The molecule has 3 aromatic rings. The first-order chi connectivity index (χ1) is 15.6. The first-order valence-corrected chi connectivity index (χ1v) is 11.4. The number of methoxy groups -OCH3 is 2. The van der Waals surface area contributed by atoms with Crippen molar-refractivity contribution in [3.8, 4) is 17.2 Å². The molecule has 0 aliphatic heterocycles. The van der Waals surface area contributed by atoms with Crippen molar-refractivity contribution in [2.24, 2.45) is 0 Å². The van der Waals surface area contributed by atoms with Gasteiger partial charge in [-0.05, 0) is 54.3 Å². The van der Waals surface area contributed by atoms with E-state index in [2.05, 4.69) is 0 Å². The van der Waals surface area contributed by atoms with Crippen LogP contribution >= 0.6 is 11.3 Å². The van der Waals surface area contributed by atoms with Gasteiger partial charge in [-0.1, -0.05) is 18.2 Å². The zero-order valence-corrected chi connectivity index (χ0v) is 19.5. The highest BCUT2D eigenvalue weighted by atomic mass is 32.1. The van der Waals surface area contributed by atoms with Crippen LogP contribution in [0.4, 0.5) is 0 Å². The second-order valence-electron chi connectivity index (χ2n) is 7.04. The normalized spacial score (nSPS) is 10.6. The number of rotatable bonds is 12. The lowest BCUT2D eigenvalue weighted by atomic mass is 10.1. The summed E-state index contributed by atoms with van der Waals surface area (Å²) in [5.74, 6) is 1.93. The van der Waals surface area contributed by atoms with Crippen LogP contribution in [0.25, 0.3) is 0 Å². The fourth-order valence-electron chi connectivity index (χ4n) is 3.17. The van der Waals surface area contributed by atoms with Crippen molar-refractivity contribution < 1.29 is 23.7 Å². The van der Waals surface area contributed by atoms with Crippen LogP contribution in [0.3, 0.4) is 0 Å². The van der Waals surface area contributed by atoms with Gasteiger partial charge in [0, 0.05) is 30.6 Å². The molecule has 7 heteroatoms. The third kappa shape index (κ3) is 6.48. The van der Waals surface area contributed by atoms with Crippen LogP contribution < -0.4 is 14.2 Å². The van der Waals surface area contributed by atoms with Crippen molar-refractivity contribution in [1.82, 2.24) is 4.90 Å². The van der Waals surface area contributed by atoms with E-state index in [1.165, 1.54) is 0 Å².